The van der Waals surface area contributed by atoms with Gasteiger partial charge >= 0.3 is 6.03 Å². The Morgan fingerprint density at radius 3 is 2.71 bits per heavy atom. The van der Waals surface area contributed by atoms with Crippen LogP contribution in [0.1, 0.15) is 0 Å². The molecule has 1 aliphatic rings. The third kappa shape index (κ3) is 2.85. The van der Waals surface area contributed by atoms with Gasteiger partial charge < -0.3 is 15.5 Å². The molecule has 0 aliphatic carbocycles. The van der Waals surface area contributed by atoms with E-state index in [1.807, 2.05) is 36.4 Å². The van der Waals surface area contributed by atoms with E-state index in [1.165, 1.54) is 4.90 Å². The van der Waals surface area contributed by atoms with Crippen LogP contribution in [-0.4, -0.2) is 36.5 Å². The summed E-state index contributed by atoms with van der Waals surface area (Å²) in [6.45, 7) is 1.11. The Bertz CT molecular complexity index is 717. The van der Waals surface area contributed by atoms with Crippen LogP contribution in [-0.2, 0) is 4.79 Å². The molecule has 1 aliphatic heterocycles. The van der Waals surface area contributed by atoms with Crippen LogP contribution in [0.25, 0.3) is 10.8 Å². The summed E-state index contributed by atoms with van der Waals surface area (Å²) >= 11 is 3.51. The maximum Gasteiger partial charge on any atom is 0.322 e. The van der Waals surface area contributed by atoms with Gasteiger partial charge in [0.25, 0.3) is 0 Å². The fourth-order valence-corrected chi connectivity index (χ4v) is 2.86. The number of fused-ring (bicyclic) bond motifs is 1. The van der Waals surface area contributed by atoms with Gasteiger partial charge in [-0.05, 0) is 17.5 Å². The summed E-state index contributed by atoms with van der Waals surface area (Å²) in [7, 11) is 0. The Morgan fingerprint density at radius 2 is 1.95 bits per heavy atom. The van der Waals surface area contributed by atoms with E-state index in [2.05, 4.69) is 26.6 Å². The zero-order valence-electron chi connectivity index (χ0n) is 11.2. The van der Waals surface area contributed by atoms with Crippen LogP contribution in [0.4, 0.5) is 10.5 Å². The van der Waals surface area contributed by atoms with Gasteiger partial charge in [-0.2, -0.15) is 0 Å². The van der Waals surface area contributed by atoms with E-state index in [0.29, 0.717) is 13.1 Å². The average Bonchev–Trinajstić information content (AvgIpc) is 2.50. The van der Waals surface area contributed by atoms with E-state index in [0.717, 1.165) is 20.9 Å². The minimum atomic E-state index is -0.252. The van der Waals surface area contributed by atoms with Gasteiger partial charge in [-0.3, -0.25) is 4.79 Å². The van der Waals surface area contributed by atoms with Crippen LogP contribution >= 0.6 is 15.9 Å². The van der Waals surface area contributed by atoms with Crippen molar-refractivity contribution in [2.24, 2.45) is 0 Å². The van der Waals surface area contributed by atoms with Gasteiger partial charge in [0, 0.05) is 22.9 Å². The number of nitrogens with zero attached hydrogens (tertiary/aromatic N) is 1. The molecule has 0 atom stereocenters. The maximum atomic E-state index is 12.3. The second-order valence-electron chi connectivity index (χ2n) is 4.84. The number of benzene rings is 2. The predicted octanol–water partition coefficient (Wildman–Crippen LogP) is 2.57. The van der Waals surface area contributed by atoms with Crippen molar-refractivity contribution in [1.82, 2.24) is 10.2 Å². The lowest BCUT2D eigenvalue weighted by atomic mass is 10.1. The third-order valence-electron chi connectivity index (χ3n) is 3.44. The largest absolute Gasteiger partial charge is 0.353 e. The smallest absolute Gasteiger partial charge is 0.322 e. The summed E-state index contributed by atoms with van der Waals surface area (Å²) in [4.78, 5) is 25.1. The van der Waals surface area contributed by atoms with Crippen molar-refractivity contribution in [2.45, 2.75) is 0 Å². The molecule has 0 bridgehead atoms. The molecule has 1 heterocycles. The number of urea groups is 1. The fraction of sp³-hybridized carbons (Fsp3) is 0.200. The molecule has 0 aromatic heterocycles. The van der Waals surface area contributed by atoms with Crippen molar-refractivity contribution in [1.29, 1.82) is 0 Å². The topological polar surface area (TPSA) is 61.4 Å². The number of rotatable bonds is 1. The van der Waals surface area contributed by atoms with Crippen molar-refractivity contribution < 1.29 is 9.59 Å². The average molecular weight is 348 g/mol. The maximum absolute atomic E-state index is 12.3. The molecule has 0 saturated carbocycles. The molecule has 1 fully saturated rings. The second kappa shape index (κ2) is 5.73. The fourth-order valence-electron chi connectivity index (χ4n) is 2.38. The Labute approximate surface area is 130 Å². The lowest BCUT2D eigenvalue weighted by molar-refractivity contribution is -0.123. The zero-order valence-corrected chi connectivity index (χ0v) is 12.8. The first-order valence-electron chi connectivity index (χ1n) is 6.65. The van der Waals surface area contributed by atoms with Crippen LogP contribution in [0.5, 0.6) is 0 Å². The molecule has 0 spiro atoms. The van der Waals surface area contributed by atoms with Gasteiger partial charge in [-0.25, -0.2) is 4.79 Å². The number of halogens is 1. The van der Waals surface area contributed by atoms with Crippen LogP contribution in [0.3, 0.4) is 0 Å². The molecular weight excluding hydrogens is 334 g/mol. The summed E-state index contributed by atoms with van der Waals surface area (Å²) in [5, 5.41) is 7.58. The first-order valence-corrected chi connectivity index (χ1v) is 7.44. The summed E-state index contributed by atoms with van der Waals surface area (Å²) < 4.78 is 0.980. The molecule has 1 saturated heterocycles. The van der Waals surface area contributed by atoms with E-state index in [-0.39, 0.29) is 18.5 Å². The molecule has 0 radical (unpaired) electrons. The van der Waals surface area contributed by atoms with Crippen molar-refractivity contribution in [3.05, 3.63) is 40.9 Å². The second-order valence-corrected chi connectivity index (χ2v) is 5.70. The highest BCUT2D eigenvalue weighted by molar-refractivity contribution is 9.10. The number of amides is 3. The Hall–Kier alpha value is -2.08. The molecule has 0 unspecified atom stereocenters. The summed E-state index contributed by atoms with van der Waals surface area (Å²) in [5.74, 6) is -0.128. The zero-order chi connectivity index (χ0) is 14.8. The Balaban J connectivity index is 1.86. The quantitative estimate of drug-likeness (QED) is 0.832. The molecule has 2 aromatic rings. The van der Waals surface area contributed by atoms with Crippen molar-refractivity contribution >= 4 is 44.3 Å². The number of hydrogen-bond donors (Lipinski definition) is 2. The van der Waals surface area contributed by atoms with Gasteiger partial charge in [0.15, 0.2) is 0 Å². The first kappa shape index (κ1) is 13.9. The Kier molecular flexibility index (Phi) is 3.79. The lowest BCUT2D eigenvalue weighted by Crippen LogP contribution is -2.51. The number of hydrogen-bond acceptors (Lipinski definition) is 2. The Morgan fingerprint density at radius 1 is 1.19 bits per heavy atom. The number of carbonyl (C=O) groups excluding carboxylic acids is 2. The molecule has 3 rings (SSSR count). The molecule has 108 valence electrons. The third-order valence-corrected chi connectivity index (χ3v) is 4.13. The van der Waals surface area contributed by atoms with Crippen molar-refractivity contribution in [3.8, 4) is 0 Å². The molecule has 5 nitrogen and oxygen atoms in total. The number of nitrogens with one attached hydrogen (secondary N) is 2. The minimum absolute atomic E-state index is 0.0975. The van der Waals surface area contributed by atoms with Gasteiger partial charge in [-0.15, -0.1) is 0 Å². The highest BCUT2D eigenvalue weighted by Crippen LogP contribution is 2.30. The summed E-state index contributed by atoms with van der Waals surface area (Å²) in [6.07, 6.45) is 0. The first-order chi connectivity index (χ1) is 10.1. The van der Waals surface area contributed by atoms with Gasteiger partial charge in [0.2, 0.25) is 5.91 Å². The van der Waals surface area contributed by atoms with Gasteiger partial charge in [0.1, 0.15) is 6.54 Å². The van der Waals surface area contributed by atoms with Crippen LogP contribution in [0, 0.1) is 0 Å². The van der Waals surface area contributed by atoms with Crippen LogP contribution in [0.2, 0.25) is 0 Å². The molecule has 21 heavy (non-hydrogen) atoms. The van der Waals surface area contributed by atoms with Crippen LogP contribution in [0.15, 0.2) is 40.9 Å². The number of carbonyl (C=O) groups is 2. The number of anilines is 1. The predicted molar refractivity (Wildman–Crippen MR) is 85.2 cm³/mol. The summed E-state index contributed by atoms with van der Waals surface area (Å²) in [6, 6.07) is 11.3. The standard InChI is InChI=1S/C15H14BrN3O2/c16-12-5-6-13(11-4-2-1-3-10(11)12)18-15(21)19-8-7-17-14(20)9-19/h1-6H,7-9H2,(H,17,20)(H,18,21). The highest BCUT2D eigenvalue weighted by Gasteiger charge is 2.21. The van der Waals surface area contributed by atoms with E-state index >= 15 is 0 Å². The molecule has 2 N–H and O–H groups in total. The molecule has 2 aromatic carbocycles. The monoisotopic (exact) mass is 347 g/mol. The van der Waals surface area contributed by atoms with E-state index in [9.17, 15) is 9.59 Å². The minimum Gasteiger partial charge on any atom is -0.353 e. The van der Waals surface area contributed by atoms with Gasteiger partial charge in [-0.1, -0.05) is 40.2 Å². The molecule has 6 heteroatoms. The van der Waals surface area contributed by atoms with E-state index in [1.54, 1.807) is 0 Å². The van der Waals surface area contributed by atoms with Crippen molar-refractivity contribution in [3.63, 3.8) is 0 Å². The SMILES string of the molecule is O=C1CN(C(=O)Nc2ccc(Br)c3ccccc23)CCN1. The van der Waals surface area contributed by atoms with Crippen LogP contribution < -0.4 is 10.6 Å². The number of piperazine rings is 1. The molecule has 3 amide bonds. The lowest BCUT2D eigenvalue weighted by Gasteiger charge is -2.27. The summed E-state index contributed by atoms with van der Waals surface area (Å²) in [5.41, 5.74) is 0.741. The highest BCUT2D eigenvalue weighted by atomic mass is 79.9. The molecular formula is C15H14BrN3O2. The van der Waals surface area contributed by atoms with E-state index in [4.69, 9.17) is 0 Å². The van der Waals surface area contributed by atoms with Gasteiger partial charge in [0.05, 0.1) is 5.69 Å². The van der Waals surface area contributed by atoms with Crippen molar-refractivity contribution in [2.75, 3.05) is 25.0 Å². The van der Waals surface area contributed by atoms with E-state index < -0.39 is 0 Å². The normalized spacial score (nSPS) is 14.9.